The normalized spacial score (nSPS) is 17.0. The van der Waals surface area contributed by atoms with E-state index in [1.165, 1.54) is 31.2 Å². The van der Waals surface area contributed by atoms with Gasteiger partial charge in [0.1, 0.15) is 5.82 Å². The van der Waals surface area contributed by atoms with Crippen LogP contribution in [0.4, 0.5) is 0 Å². The second-order valence-electron chi connectivity index (χ2n) is 8.36. The first kappa shape index (κ1) is 18.9. The lowest BCUT2D eigenvalue weighted by atomic mass is 10.0. The molecule has 5 heteroatoms. The van der Waals surface area contributed by atoms with Gasteiger partial charge in [-0.25, -0.2) is 4.98 Å². The Hall–Kier alpha value is -2.43. The first-order valence-corrected chi connectivity index (χ1v) is 10.5. The van der Waals surface area contributed by atoms with Crippen LogP contribution in [-0.2, 0) is 24.2 Å². The van der Waals surface area contributed by atoms with Crippen LogP contribution < -0.4 is 5.56 Å². The number of aromatic nitrogens is 2. The molecule has 1 aliphatic heterocycles. The van der Waals surface area contributed by atoms with Crippen LogP contribution >= 0.6 is 0 Å². The summed E-state index contributed by atoms with van der Waals surface area (Å²) >= 11 is 0. The molecule has 0 bridgehead atoms. The molecule has 2 heterocycles. The number of hydrogen-bond donors (Lipinski definition) is 1. The van der Waals surface area contributed by atoms with Crippen LogP contribution in [0.15, 0.2) is 29.1 Å². The quantitative estimate of drug-likeness (QED) is 0.864. The molecule has 148 valence electrons. The smallest absolute Gasteiger partial charge is 0.256 e. The van der Waals surface area contributed by atoms with Gasteiger partial charge in [0.05, 0.1) is 17.8 Å². The summed E-state index contributed by atoms with van der Waals surface area (Å²) < 4.78 is 0. The Labute approximate surface area is 166 Å². The second-order valence-corrected chi connectivity index (χ2v) is 8.36. The molecule has 2 aliphatic rings. The summed E-state index contributed by atoms with van der Waals surface area (Å²) in [6, 6.07) is 8.25. The van der Waals surface area contributed by atoms with Crippen molar-refractivity contribution in [3.63, 3.8) is 0 Å². The fourth-order valence-corrected chi connectivity index (χ4v) is 4.57. The Kier molecular flexibility index (Phi) is 5.60. The molecule has 1 saturated carbocycles. The van der Waals surface area contributed by atoms with E-state index in [0.717, 1.165) is 23.6 Å². The fourth-order valence-electron chi connectivity index (χ4n) is 4.57. The highest BCUT2D eigenvalue weighted by molar-refractivity contribution is 5.76. The summed E-state index contributed by atoms with van der Waals surface area (Å²) in [5.74, 6) is 1.60. The highest BCUT2D eigenvalue weighted by Crippen LogP contribution is 2.29. The number of hydrogen-bond acceptors (Lipinski definition) is 3. The van der Waals surface area contributed by atoms with E-state index >= 15 is 0 Å². The van der Waals surface area contributed by atoms with Gasteiger partial charge >= 0.3 is 0 Å². The summed E-state index contributed by atoms with van der Waals surface area (Å²) in [4.78, 5) is 34.7. The number of amides is 1. The number of nitrogens with zero attached hydrogens (tertiary/aromatic N) is 2. The van der Waals surface area contributed by atoms with Gasteiger partial charge < -0.3 is 9.88 Å². The maximum atomic E-state index is 12.6. The maximum absolute atomic E-state index is 12.6. The number of benzene rings is 1. The van der Waals surface area contributed by atoms with Crippen LogP contribution in [0.2, 0.25) is 0 Å². The number of carbonyl (C=O) groups excluding carboxylic acids is 1. The molecule has 1 aromatic carbocycles. The van der Waals surface area contributed by atoms with Gasteiger partial charge in [-0.2, -0.15) is 0 Å². The van der Waals surface area contributed by atoms with Crippen molar-refractivity contribution in [2.75, 3.05) is 6.54 Å². The van der Waals surface area contributed by atoms with Crippen molar-refractivity contribution < 1.29 is 4.79 Å². The van der Waals surface area contributed by atoms with Crippen molar-refractivity contribution in [2.24, 2.45) is 5.92 Å². The lowest BCUT2D eigenvalue weighted by molar-refractivity contribution is -0.132. The monoisotopic (exact) mass is 379 g/mol. The van der Waals surface area contributed by atoms with E-state index < -0.39 is 0 Å². The molecular formula is C23H29N3O2. The first-order chi connectivity index (χ1) is 13.6. The van der Waals surface area contributed by atoms with E-state index in [1.807, 2.05) is 11.0 Å². The minimum absolute atomic E-state index is 0.0963. The van der Waals surface area contributed by atoms with Crippen LogP contribution in [0.1, 0.15) is 66.7 Å². The third kappa shape index (κ3) is 4.34. The molecule has 1 amide bonds. The van der Waals surface area contributed by atoms with Gasteiger partial charge in [0.25, 0.3) is 5.56 Å². The lowest BCUT2D eigenvalue weighted by Gasteiger charge is -2.28. The summed E-state index contributed by atoms with van der Waals surface area (Å²) in [6.45, 7) is 3.12. The average Bonchev–Trinajstić information content (AvgIpc) is 3.19. The van der Waals surface area contributed by atoms with Gasteiger partial charge in [-0.15, -0.1) is 0 Å². The molecule has 4 rings (SSSR count). The molecular weight excluding hydrogens is 350 g/mol. The van der Waals surface area contributed by atoms with E-state index in [0.29, 0.717) is 43.7 Å². The zero-order chi connectivity index (χ0) is 19.5. The number of nitrogens with one attached hydrogen (secondary N) is 1. The topological polar surface area (TPSA) is 66.1 Å². The Morgan fingerprint density at radius 1 is 1.29 bits per heavy atom. The molecule has 0 spiro atoms. The van der Waals surface area contributed by atoms with Gasteiger partial charge in [-0.3, -0.25) is 9.59 Å². The van der Waals surface area contributed by atoms with Crippen molar-refractivity contribution in [3.8, 4) is 0 Å². The van der Waals surface area contributed by atoms with Gasteiger partial charge in [-0.1, -0.05) is 55.5 Å². The largest absolute Gasteiger partial charge is 0.338 e. The van der Waals surface area contributed by atoms with E-state index in [1.54, 1.807) is 0 Å². The summed E-state index contributed by atoms with van der Waals surface area (Å²) in [5, 5.41) is 0. The number of H-pyrrole nitrogens is 1. The van der Waals surface area contributed by atoms with Crippen molar-refractivity contribution in [2.45, 2.75) is 64.8 Å². The molecule has 1 aromatic heterocycles. The highest BCUT2D eigenvalue weighted by Gasteiger charge is 2.25. The molecule has 2 aromatic rings. The number of aryl methyl sites for hydroxylation is 1. The fraction of sp³-hybridized carbons (Fsp3) is 0.522. The Balaban J connectivity index is 1.42. The number of aromatic amines is 1. The molecule has 0 saturated heterocycles. The van der Waals surface area contributed by atoms with E-state index in [2.05, 4.69) is 30.1 Å². The van der Waals surface area contributed by atoms with Crippen LogP contribution in [0.25, 0.3) is 0 Å². The van der Waals surface area contributed by atoms with Crippen LogP contribution in [0.3, 0.4) is 0 Å². The van der Waals surface area contributed by atoms with Crippen LogP contribution in [0.5, 0.6) is 0 Å². The zero-order valence-electron chi connectivity index (χ0n) is 16.7. The number of carbonyl (C=O) groups is 1. The molecule has 28 heavy (non-hydrogen) atoms. The first-order valence-electron chi connectivity index (χ1n) is 10.5. The van der Waals surface area contributed by atoms with Crippen molar-refractivity contribution in [1.82, 2.24) is 14.9 Å². The summed E-state index contributed by atoms with van der Waals surface area (Å²) in [5.41, 5.74) is 3.76. The molecule has 0 atom stereocenters. The Bertz CT molecular complexity index is 912. The van der Waals surface area contributed by atoms with E-state index in [9.17, 15) is 9.59 Å². The minimum Gasteiger partial charge on any atom is -0.338 e. The molecule has 5 nitrogen and oxygen atoms in total. The van der Waals surface area contributed by atoms with E-state index in [4.69, 9.17) is 4.98 Å². The number of fused-ring (bicyclic) bond motifs is 1. The van der Waals surface area contributed by atoms with Gasteiger partial charge in [0.2, 0.25) is 5.91 Å². The third-order valence-corrected chi connectivity index (χ3v) is 6.17. The third-order valence-electron chi connectivity index (χ3n) is 6.17. The zero-order valence-corrected chi connectivity index (χ0v) is 16.7. The maximum Gasteiger partial charge on any atom is 0.256 e. The standard InChI is InChI=1S/C23H29N3O2/c1-16-5-4-8-18(13-16)14-21-24-20-11-12-26(15-19(20)23(28)25-21)22(27)10-9-17-6-2-3-7-17/h4-5,8,13,17H,2-3,6-7,9-12,14-15H2,1H3,(H,24,25,28). The Morgan fingerprint density at radius 2 is 2.11 bits per heavy atom. The molecule has 1 N–H and O–H groups in total. The highest BCUT2D eigenvalue weighted by atomic mass is 16.2. The predicted molar refractivity (Wildman–Crippen MR) is 109 cm³/mol. The second kappa shape index (κ2) is 8.29. The summed E-state index contributed by atoms with van der Waals surface area (Å²) in [6.07, 6.45) is 8.03. The van der Waals surface area contributed by atoms with Gasteiger partial charge in [0, 0.05) is 25.8 Å². The molecule has 0 radical (unpaired) electrons. The lowest BCUT2D eigenvalue weighted by Crippen LogP contribution is -2.39. The van der Waals surface area contributed by atoms with Gasteiger partial charge in [0.15, 0.2) is 0 Å². The van der Waals surface area contributed by atoms with Crippen molar-refractivity contribution in [1.29, 1.82) is 0 Å². The van der Waals surface area contributed by atoms with Crippen molar-refractivity contribution in [3.05, 3.63) is 62.8 Å². The minimum atomic E-state index is -0.0963. The SMILES string of the molecule is Cc1cccc(Cc2nc3c(c(=O)[nH]2)CN(C(=O)CCC2CCCC2)CC3)c1. The molecule has 1 aliphatic carbocycles. The molecule has 0 unspecified atom stereocenters. The Morgan fingerprint density at radius 3 is 2.89 bits per heavy atom. The van der Waals surface area contributed by atoms with Crippen molar-refractivity contribution >= 4 is 5.91 Å². The number of rotatable bonds is 5. The van der Waals surface area contributed by atoms with Crippen LogP contribution in [0, 0.1) is 12.8 Å². The molecule has 1 fully saturated rings. The average molecular weight is 380 g/mol. The summed E-state index contributed by atoms with van der Waals surface area (Å²) in [7, 11) is 0. The van der Waals surface area contributed by atoms with Gasteiger partial charge in [-0.05, 0) is 24.8 Å². The van der Waals surface area contributed by atoms with E-state index in [-0.39, 0.29) is 11.5 Å². The predicted octanol–water partition coefficient (Wildman–Crippen LogP) is 3.52. The van der Waals surface area contributed by atoms with Crippen LogP contribution in [-0.4, -0.2) is 27.3 Å².